The monoisotopic (exact) mass is 593 g/mol. The standard InChI is InChI=1S/C29H35N7O5S/c1-4-8-23-25-26(36(33-23)18-19-9-6-7-10-21(19)27(30)37)29(38)32-28(31-25)22-17-20(11-12-24(22)41-5-2)42(39,40)35-15-13-34(3)14-16-35/h6-7,9-12,17H,4-5,8,13-16,18H2,1-3H3,(H2,30,37)(H,31,32,38). The number of benzene rings is 2. The van der Waals surface area contributed by atoms with E-state index in [4.69, 9.17) is 20.6 Å². The first kappa shape index (κ1) is 29.4. The first-order chi connectivity index (χ1) is 20.1. The summed E-state index contributed by atoms with van der Waals surface area (Å²) in [7, 11) is -1.82. The third-order valence-corrected chi connectivity index (χ3v) is 9.26. The maximum Gasteiger partial charge on any atom is 0.277 e. The Morgan fingerprint density at radius 1 is 1.10 bits per heavy atom. The maximum absolute atomic E-state index is 13.6. The molecule has 0 radical (unpaired) electrons. The van der Waals surface area contributed by atoms with Crippen molar-refractivity contribution in [2.75, 3.05) is 39.8 Å². The largest absolute Gasteiger partial charge is 0.493 e. The van der Waals surface area contributed by atoms with E-state index in [1.807, 2.05) is 20.9 Å². The van der Waals surface area contributed by atoms with E-state index in [1.54, 1.807) is 30.3 Å². The minimum absolute atomic E-state index is 0.0980. The number of aromatic amines is 1. The van der Waals surface area contributed by atoms with Gasteiger partial charge in [0.1, 0.15) is 17.1 Å². The molecule has 0 saturated carbocycles. The second-order valence-corrected chi connectivity index (χ2v) is 12.2. The molecule has 0 spiro atoms. The second-order valence-electron chi connectivity index (χ2n) is 10.3. The molecule has 1 saturated heterocycles. The zero-order valence-corrected chi connectivity index (χ0v) is 24.8. The third-order valence-electron chi connectivity index (χ3n) is 7.36. The van der Waals surface area contributed by atoms with Crippen LogP contribution in [0.5, 0.6) is 5.75 Å². The molecule has 2 aromatic carbocycles. The minimum atomic E-state index is -3.78. The molecule has 4 aromatic rings. The van der Waals surface area contributed by atoms with E-state index in [9.17, 15) is 18.0 Å². The molecule has 1 aliphatic rings. The lowest BCUT2D eigenvalue weighted by atomic mass is 10.1. The molecule has 12 nitrogen and oxygen atoms in total. The van der Waals surface area contributed by atoms with E-state index in [0.29, 0.717) is 72.9 Å². The first-order valence-corrected chi connectivity index (χ1v) is 15.4. The summed E-state index contributed by atoms with van der Waals surface area (Å²) in [6, 6.07) is 11.6. The van der Waals surface area contributed by atoms with Gasteiger partial charge < -0.3 is 20.4 Å². The molecule has 1 amide bonds. The summed E-state index contributed by atoms with van der Waals surface area (Å²) in [6.45, 7) is 6.37. The SMILES string of the molecule is CCCc1nn(Cc2ccccc2C(N)=O)c2c(=O)[nH]c(-c3cc(S(=O)(=O)N4CCN(C)CC4)ccc3OCC)nc12. The Bertz CT molecular complexity index is 1790. The zero-order chi connectivity index (χ0) is 30.0. The highest BCUT2D eigenvalue weighted by Gasteiger charge is 2.29. The van der Waals surface area contributed by atoms with Gasteiger partial charge in [-0.25, -0.2) is 13.4 Å². The highest BCUT2D eigenvalue weighted by Crippen LogP contribution is 2.32. The van der Waals surface area contributed by atoms with E-state index < -0.39 is 21.5 Å². The van der Waals surface area contributed by atoms with Crippen LogP contribution < -0.4 is 16.0 Å². The number of hydrogen-bond donors (Lipinski definition) is 2. The number of nitrogens with two attached hydrogens (primary N) is 1. The summed E-state index contributed by atoms with van der Waals surface area (Å²) in [5, 5.41) is 4.70. The van der Waals surface area contributed by atoms with Crippen molar-refractivity contribution in [1.29, 1.82) is 0 Å². The number of likely N-dealkylation sites (N-methyl/N-ethyl adjacent to an activating group) is 1. The molecule has 3 heterocycles. The number of aryl methyl sites for hydroxylation is 1. The molecule has 0 unspecified atom stereocenters. The number of nitrogens with zero attached hydrogens (tertiary/aromatic N) is 5. The van der Waals surface area contributed by atoms with E-state index in [2.05, 4.69) is 9.88 Å². The molecule has 42 heavy (non-hydrogen) atoms. The minimum Gasteiger partial charge on any atom is -0.493 e. The smallest absolute Gasteiger partial charge is 0.277 e. The number of sulfonamides is 1. The van der Waals surface area contributed by atoms with Gasteiger partial charge in [0, 0.05) is 31.7 Å². The van der Waals surface area contributed by atoms with Gasteiger partial charge in [0.15, 0.2) is 5.52 Å². The van der Waals surface area contributed by atoms with E-state index in [-0.39, 0.29) is 22.8 Å². The van der Waals surface area contributed by atoms with Gasteiger partial charge in [0.25, 0.3) is 5.56 Å². The fourth-order valence-electron chi connectivity index (χ4n) is 5.17. The Kier molecular flexibility index (Phi) is 8.43. The summed E-state index contributed by atoms with van der Waals surface area (Å²) >= 11 is 0. The Labute approximate surface area is 244 Å². The van der Waals surface area contributed by atoms with Crippen LogP contribution in [0, 0.1) is 0 Å². The van der Waals surface area contributed by atoms with Crippen LogP contribution in [0.15, 0.2) is 52.2 Å². The Balaban J connectivity index is 1.63. The molecule has 0 atom stereocenters. The first-order valence-electron chi connectivity index (χ1n) is 14.0. The van der Waals surface area contributed by atoms with Crippen LogP contribution in [-0.2, 0) is 23.0 Å². The van der Waals surface area contributed by atoms with Gasteiger partial charge in [-0.2, -0.15) is 9.40 Å². The predicted molar refractivity (Wildman–Crippen MR) is 159 cm³/mol. The van der Waals surface area contributed by atoms with Crippen LogP contribution in [0.4, 0.5) is 0 Å². The van der Waals surface area contributed by atoms with Crippen molar-refractivity contribution in [3.63, 3.8) is 0 Å². The molecule has 1 aliphatic heterocycles. The van der Waals surface area contributed by atoms with Gasteiger partial charge in [-0.05, 0) is 50.2 Å². The molecular formula is C29H35N7O5S. The highest BCUT2D eigenvalue weighted by atomic mass is 32.2. The number of hydrogen-bond acceptors (Lipinski definition) is 8. The Morgan fingerprint density at radius 2 is 1.83 bits per heavy atom. The van der Waals surface area contributed by atoms with Crippen LogP contribution in [0.3, 0.4) is 0 Å². The van der Waals surface area contributed by atoms with Crippen LogP contribution >= 0.6 is 0 Å². The topological polar surface area (TPSA) is 157 Å². The van der Waals surface area contributed by atoms with Crippen molar-refractivity contribution in [2.24, 2.45) is 5.73 Å². The van der Waals surface area contributed by atoms with Crippen LogP contribution in [0.25, 0.3) is 22.4 Å². The van der Waals surface area contributed by atoms with Crippen molar-refractivity contribution >= 4 is 27.0 Å². The summed E-state index contributed by atoms with van der Waals surface area (Å²) in [4.78, 5) is 35.5. The highest BCUT2D eigenvalue weighted by molar-refractivity contribution is 7.89. The average molecular weight is 594 g/mol. The van der Waals surface area contributed by atoms with E-state index >= 15 is 0 Å². The Hall–Kier alpha value is -4.07. The van der Waals surface area contributed by atoms with Gasteiger partial charge in [0.2, 0.25) is 15.9 Å². The second kappa shape index (κ2) is 12.0. The lowest BCUT2D eigenvalue weighted by Crippen LogP contribution is -2.47. The molecule has 0 bridgehead atoms. The zero-order valence-electron chi connectivity index (χ0n) is 24.0. The normalized spacial score (nSPS) is 14.8. The van der Waals surface area contributed by atoms with E-state index in [0.717, 1.165) is 6.42 Å². The number of rotatable bonds is 10. The number of carbonyl (C=O) groups is 1. The van der Waals surface area contributed by atoms with Gasteiger partial charge in [-0.3, -0.25) is 14.3 Å². The van der Waals surface area contributed by atoms with Gasteiger partial charge in [-0.1, -0.05) is 31.5 Å². The van der Waals surface area contributed by atoms with Crippen LogP contribution in [0.1, 0.15) is 41.9 Å². The molecule has 2 aromatic heterocycles. The molecule has 13 heteroatoms. The summed E-state index contributed by atoms with van der Waals surface area (Å²) in [5.74, 6) is 0.0120. The predicted octanol–water partition coefficient (Wildman–Crippen LogP) is 2.22. The lowest BCUT2D eigenvalue weighted by molar-refractivity contribution is 0.0999. The summed E-state index contributed by atoms with van der Waals surface area (Å²) < 4.78 is 35.9. The van der Waals surface area contributed by atoms with Gasteiger partial charge >= 0.3 is 0 Å². The van der Waals surface area contributed by atoms with Gasteiger partial charge in [-0.15, -0.1) is 0 Å². The molecule has 5 rings (SSSR count). The maximum atomic E-state index is 13.6. The number of amides is 1. The Morgan fingerprint density at radius 3 is 2.52 bits per heavy atom. The molecule has 222 valence electrons. The number of fused-ring (bicyclic) bond motifs is 1. The molecular weight excluding hydrogens is 558 g/mol. The van der Waals surface area contributed by atoms with Crippen molar-refractivity contribution in [2.45, 2.75) is 38.1 Å². The number of carbonyl (C=O) groups excluding carboxylic acids is 1. The summed E-state index contributed by atoms with van der Waals surface area (Å²) in [6.07, 6.45) is 1.32. The summed E-state index contributed by atoms with van der Waals surface area (Å²) in [5.41, 5.74) is 7.74. The van der Waals surface area contributed by atoms with Gasteiger partial charge in [0.05, 0.1) is 29.3 Å². The van der Waals surface area contributed by atoms with Crippen molar-refractivity contribution in [1.82, 2.24) is 29.0 Å². The average Bonchev–Trinajstić information content (AvgIpc) is 3.31. The number of nitrogens with one attached hydrogen (secondary N) is 1. The number of primary amides is 1. The molecule has 0 aliphatic carbocycles. The third kappa shape index (κ3) is 5.67. The lowest BCUT2D eigenvalue weighted by Gasteiger charge is -2.31. The number of aromatic nitrogens is 4. The number of H-pyrrole nitrogens is 1. The quantitative estimate of drug-likeness (QED) is 0.284. The molecule has 3 N–H and O–H groups in total. The fraction of sp³-hybridized carbons (Fsp3) is 0.379. The fourth-order valence-corrected chi connectivity index (χ4v) is 6.62. The number of ether oxygens (including phenoxy) is 1. The van der Waals surface area contributed by atoms with Crippen molar-refractivity contribution in [3.05, 3.63) is 69.6 Å². The number of piperazine rings is 1. The van der Waals surface area contributed by atoms with Crippen molar-refractivity contribution < 1.29 is 17.9 Å². The van der Waals surface area contributed by atoms with Crippen LogP contribution in [-0.4, -0.2) is 83.1 Å². The molecule has 1 fully saturated rings. The van der Waals surface area contributed by atoms with Crippen LogP contribution in [0.2, 0.25) is 0 Å². The van der Waals surface area contributed by atoms with Crippen molar-refractivity contribution in [3.8, 4) is 17.1 Å². The van der Waals surface area contributed by atoms with E-state index in [1.165, 1.54) is 21.1 Å².